The van der Waals surface area contributed by atoms with E-state index in [0.717, 1.165) is 49.6 Å². The smallest absolute Gasteiger partial charge is 0.296 e. The zero-order chi connectivity index (χ0) is 29.7. The van der Waals surface area contributed by atoms with Gasteiger partial charge in [0, 0.05) is 25.8 Å². The van der Waals surface area contributed by atoms with Crippen LogP contribution in [0.3, 0.4) is 0 Å². The number of benzene rings is 1. The molecule has 0 bridgehead atoms. The fourth-order valence-corrected chi connectivity index (χ4v) is 7.21. The standard InChI is InChI=1S/C31H32N6O3S2/c1-5-21-13-9-10-16-34(21)27-23(28(38)35-17-11-12-19(2)26(35)32-27)18-24-29(39)36(31(41)42-24)25-20(3)33(4)37(30(25)40)22-14-7-6-8-15-22/h6-8,11-12,14-15,17-18,21H,5,9-10,13,16H2,1-4H3/b24-18+. The van der Waals surface area contributed by atoms with Crippen molar-refractivity contribution >= 4 is 57.4 Å². The van der Waals surface area contributed by atoms with E-state index in [1.165, 1.54) is 14.0 Å². The molecule has 1 amide bonds. The van der Waals surface area contributed by atoms with Gasteiger partial charge in [0.15, 0.2) is 4.32 Å². The lowest BCUT2D eigenvalue weighted by Gasteiger charge is -2.37. The molecule has 42 heavy (non-hydrogen) atoms. The van der Waals surface area contributed by atoms with Crippen LogP contribution in [0.15, 0.2) is 63.2 Å². The van der Waals surface area contributed by atoms with Gasteiger partial charge in [-0.15, -0.1) is 0 Å². The number of piperidine rings is 1. The van der Waals surface area contributed by atoms with Crippen molar-refractivity contribution in [3.63, 3.8) is 0 Å². The first kappa shape index (κ1) is 28.2. The molecule has 0 radical (unpaired) electrons. The summed E-state index contributed by atoms with van der Waals surface area (Å²) in [7, 11) is 1.78. The molecule has 4 aromatic rings. The fourth-order valence-electron chi connectivity index (χ4n) is 5.95. The van der Waals surface area contributed by atoms with E-state index >= 15 is 0 Å². The molecular weight excluding hydrogens is 569 g/mol. The topological polar surface area (TPSA) is 84.8 Å². The van der Waals surface area contributed by atoms with E-state index in [-0.39, 0.29) is 32.1 Å². The summed E-state index contributed by atoms with van der Waals surface area (Å²) in [4.78, 5) is 50.5. The van der Waals surface area contributed by atoms with Crippen molar-refractivity contribution < 1.29 is 4.79 Å². The van der Waals surface area contributed by atoms with Crippen molar-refractivity contribution in [2.24, 2.45) is 7.05 Å². The highest BCUT2D eigenvalue weighted by Crippen LogP contribution is 2.37. The number of hydrogen-bond donors (Lipinski definition) is 0. The number of aromatic nitrogens is 4. The number of anilines is 2. The summed E-state index contributed by atoms with van der Waals surface area (Å²) in [5.74, 6) is 0.162. The van der Waals surface area contributed by atoms with E-state index in [4.69, 9.17) is 17.2 Å². The maximum Gasteiger partial charge on any atom is 0.296 e. The van der Waals surface area contributed by atoms with Gasteiger partial charge in [0.25, 0.3) is 17.0 Å². The van der Waals surface area contributed by atoms with Gasteiger partial charge < -0.3 is 4.90 Å². The Hall–Kier alpha value is -3.96. The molecule has 0 saturated carbocycles. The summed E-state index contributed by atoms with van der Waals surface area (Å²) >= 11 is 6.76. The van der Waals surface area contributed by atoms with Crippen LogP contribution in [0.2, 0.25) is 0 Å². The minimum absolute atomic E-state index is 0.207. The Labute approximate surface area is 253 Å². The van der Waals surface area contributed by atoms with Gasteiger partial charge in [0.05, 0.1) is 21.8 Å². The molecule has 2 aliphatic rings. The Morgan fingerprint density at radius 3 is 2.55 bits per heavy atom. The second-order valence-corrected chi connectivity index (χ2v) is 12.4. The number of hydrogen-bond acceptors (Lipinski definition) is 7. The normalized spacial score (nSPS) is 18.6. The number of amides is 1. The molecule has 0 aliphatic carbocycles. The predicted octanol–water partition coefficient (Wildman–Crippen LogP) is 4.98. The molecule has 0 spiro atoms. The number of aryl methyl sites for hydroxylation is 1. The van der Waals surface area contributed by atoms with Gasteiger partial charge in [0.2, 0.25) is 0 Å². The number of rotatable bonds is 5. The molecule has 6 rings (SSSR count). The quantitative estimate of drug-likeness (QED) is 0.236. The van der Waals surface area contributed by atoms with Crippen LogP contribution in [0.5, 0.6) is 0 Å². The third kappa shape index (κ3) is 4.51. The molecular formula is C31H32N6O3S2. The number of para-hydroxylation sites is 1. The average molecular weight is 601 g/mol. The summed E-state index contributed by atoms with van der Waals surface area (Å²) in [6, 6.07) is 13.3. The monoisotopic (exact) mass is 600 g/mol. The van der Waals surface area contributed by atoms with E-state index in [0.29, 0.717) is 28.4 Å². The molecule has 3 aromatic heterocycles. The first-order valence-electron chi connectivity index (χ1n) is 14.1. The van der Waals surface area contributed by atoms with Crippen molar-refractivity contribution in [2.75, 3.05) is 16.3 Å². The number of fused-ring (bicyclic) bond motifs is 1. The van der Waals surface area contributed by atoms with Gasteiger partial charge in [-0.25, -0.2) is 9.67 Å². The van der Waals surface area contributed by atoms with Crippen molar-refractivity contribution in [1.82, 2.24) is 18.7 Å². The SMILES string of the molecule is CCC1CCCCN1c1nc2c(C)cccn2c(=O)c1/C=C1/SC(=S)N(c2c(C)n(C)n(-c3ccccc3)c2=O)C1=O. The summed E-state index contributed by atoms with van der Waals surface area (Å²) in [6.07, 6.45) is 7.41. The van der Waals surface area contributed by atoms with Crippen LogP contribution in [0, 0.1) is 13.8 Å². The molecule has 9 nitrogen and oxygen atoms in total. The molecule has 2 fully saturated rings. The highest BCUT2D eigenvalue weighted by atomic mass is 32.2. The van der Waals surface area contributed by atoms with E-state index in [9.17, 15) is 14.4 Å². The second kappa shape index (κ2) is 11.0. The van der Waals surface area contributed by atoms with E-state index in [2.05, 4.69) is 11.8 Å². The molecule has 0 N–H and O–H groups in total. The largest absolute Gasteiger partial charge is 0.353 e. The molecule has 1 unspecified atom stereocenters. The van der Waals surface area contributed by atoms with Gasteiger partial charge in [0.1, 0.15) is 17.2 Å². The highest BCUT2D eigenvalue weighted by Gasteiger charge is 2.38. The highest BCUT2D eigenvalue weighted by molar-refractivity contribution is 8.27. The summed E-state index contributed by atoms with van der Waals surface area (Å²) < 4.78 is 5.02. The predicted molar refractivity (Wildman–Crippen MR) is 173 cm³/mol. The van der Waals surface area contributed by atoms with Gasteiger partial charge >= 0.3 is 0 Å². The van der Waals surface area contributed by atoms with Crippen LogP contribution in [0.1, 0.15) is 49.4 Å². The van der Waals surface area contributed by atoms with E-state index in [1.54, 1.807) is 30.9 Å². The Kier molecular flexibility index (Phi) is 7.40. The van der Waals surface area contributed by atoms with Crippen molar-refractivity contribution in [3.8, 4) is 5.69 Å². The Bertz CT molecular complexity index is 1890. The summed E-state index contributed by atoms with van der Waals surface area (Å²) in [5, 5.41) is 0. The molecule has 5 heterocycles. The minimum atomic E-state index is -0.429. The summed E-state index contributed by atoms with van der Waals surface area (Å²) in [6.45, 7) is 6.67. The van der Waals surface area contributed by atoms with Gasteiger partial charge in [-0.1, -0.05) is 55.2 Å². The molecule has 1 atom stereocenters. The lowest BCUT2D eigenvalue weighted by molar-refractivity contribution is -0.113. The third-order valence-corrected chi connectivity index (χ3v) is 9.55. The second-order valence-electron chi connectivity index (χ2n) is 10.7. The average Bonchev–Trinajstić information content (AvgIpc) is 3.39. The zero-order valence-corrected chi connectivity index (χ0v) is 25.7. The molecule has 2 saturated heterocycles. The lowest BCUT2D eigenvalue weighted by Crippen LogP contribution is -2.41. The molecule has 216 valence electrons. The maximum atomic E-state index is 14.0. The number of pyridine rings is 1. The van der Waals surface area contributed by atoms with Crippen LogP contribution in [-0.4, -0.2) is 41.6 Å². The van der Waals surface area contributed by atoms with Gasteiger partial charge in [-0.05, 0) is 69.4 Å². The first-order chi connectivity index (χ1) is 20.2. The minimum Gasteiger partial charge on any atom is -0.353 e. The number of carbonyl (C=O) groups excluding carboxylic acids is 1. The number of carbonyl (C=O) groups is 1. The third-order valence-electron chi connectivity index (χ3n) is 8.25. The molecule has 11 heteroatoms. The van der Waals surface area contributed by atoms with Gasteiger partial charge in [-0.2, -0.15) is 0 Å². The van der Waals surface area contributed by atoms with Crippen LogP contribution >= 0.6 is 24.0 Å². The van der Waals surface area contributed by atoms with Gasteiger partial charge in [-0.3, -0.25) is 28.4 Å². The lowest BCUT2D eigenvalue weighted by atomic mass is 9.99. The van der Waals surface area contributed by atoms with Crippen LogP contribution in [0.25, 0.3) is 17.4 Å². The Morgan fingerprint density at radius 2 is 1.81 bits per heavy atom. The van der Waals surface area contributed by atoms with E-state index < -0.39 is 5.91 Å². The number of thioether (sulfide) groups is 1. The van der Waals surface area contributed by atoms with Crippen LogP contribution in [0.4, 0.5) is 11.5 Å². The number of thiocarbonyl (C=S) groups is 1. The Morgan fingerprint density at radius 1 is 1.05 bits per heavy atom. The van der Waals surface area contributed by atoms with E-state index in [1.807, 2.05) is 49.4 Å². The fraction of sp³-hybridized carbons (Fsp3) is 0.323. The van der Waals surface area contributed by atoms with Crippen LogP contribution in [-0.2, 0) is 11.8 Å². The van der Waals surface area contributed by atoms with Crippen molar-refractivity contribution in [1.29, 1.82) is 0 Å². The van der Waals surface area contributed by atoms with Crippen molar-refractivity contribution in [3.05, 3.63) is 91.1 Å². The Balaban J connectivity index is 1.49. The summed E-state index contributed by atoms with van der Waals surface area (Å²) in [5.41, 5.74) is 2.75. The molecule has 1 aromatic carbocycles. The zero-order valence-electron chi connectivity index (χ0n) is 24.0. The first-order valence-corrected chi connectivity index (χ1v) is 15.4. The van der Waals surface area contributed by atoms with Crippen LogP contribution < -0.4 is 20.9 Å². The molecule has 2 aliphatic heterocycles. The van der Waals surface area contributed by atoms with Crippen molar-refractivity contribution in [2.45, 2.75) is 52.5 Å². The maximum absolute atomic E-state index is 14.0. The number of nitrogens with zero attached hydrogens (tertiary/aromatic N) is 6.